The molecule has 2 rings (SSSR count). The maximum absolute atomic E-state index is 9.44. The normalized spacial score (nSPS) is 13.9. The van der Waals surface area contributed by atoms with E-state index < -0.39 is 14.4 Å². The van der Waals surface area contributed by atoms with Crippen molar-refractivity contribution in [3.63, 3.8) is 0 Å². The van der Waals surface area contributed by atoms with Crippen molar-refractivity contribution in [1.29, 1.82) is 0 Å². The van der Waals surface area contributed by atoms with Gasteiger partial charge in [0.2, 0.25) is 0 Å². The van der Waals surface area contributed by atoms with E-state index in [0.29, 0.717) is 18.2 Å². The standard InChI is InChI=1S/C15H25ClOSi.C9H11ClO/c1-15(2,3)18(4,5)17-14(11-12-16)13-9-7-6-8-10-13;10-7-6-9(11)8-4-2-1-3-5-8/h6-10,14H,11-12H2,1-5H3;1-5,9,11H,6-7H2. The summed E-state index contributed by atoms with van der Waals surface area (Å²) in [7, 11) is -1.75. The molecule has 2 atom stereocenters. The fraction of sp³-hybridized carbons (Fsp3) is 0.500. The fourth-order valence-electron chi connectivity index (χ4n) is 2.54. The van der Waals surface area contributed by atoms with Crippen molar-refractivity contribution in [2.75, 3.05) is 11.8 Å². The molecule has 0 aliphatic carbocycles. The lowest BCUT2D eigenvalue weighted by molar-refractivity contribution is 0.174. The van der Waals surface area contributed by atoms with E-state index in [4.69, 9.17) is 27.6 Å². The quantitative estimate of drug-likeness (QED) is 0.326. The first-order chi connectivity index (χ1) is 13.6. The van der Waals surface area contributed by atoms with E-state index in [9.17, 15) is 5.11 Å². The molecule has 2 unspecified atom stereocenters. The molecule has 0 aliphatic heterocycles. The van der Waals surface area contributed by atoms with Gasteiger partial charge >= 0.3 is 0 Å². The van der Waals surface area contributed by atoms with Gasteiger partial charge in [-0.25, -0.2) is 0 Å². The van der Waals surface area contributed by atoms with Crippen LogP contribution in [0.2, 0.25) is 18.1 Å². The summed E-state index contributed by atoms with van der Waals surface area (Å²) in [4.78, 5) is 0. The molecule has 0 bridgehead atoms. The zero-order chi connectivity index (χ0) is 21.9. The Hall–Kier alpha value is -0.843. The van der Waals surface area contributed by atoms with Crippen molar-refractivity contribution < 1.29 is 9.53 Å². The second kappa shape index (κ2) is 12.8. The van der Waals surface area contributed by atoms with Crippen LogP contribution in [0.1, 0.15) is 56.9 Å². The maximum atomic E-state index is 9.44. The van der Waals surface area contributed by atoms with Gasteiger partial charge in [0.1, 0.15) is 0 Å². The Morgan fingerprint density at radius 3 is 1.69 bits per heavy atom. The van der Waals surface area contributed by atoms with Crippen molar-refractivity contribution in [3.8, 4) is 0 Å². The molecular formula is C24H36Cl2O2Si. The summed E-state index contributed by atoms with van der Waals surface area (Å²) in [5, 5.41) is 9.66. The monoisotopic (exact) mass is 454 g/mol. The summed E-state index contributed by atoms with van der Waals surface area (Å²) in [5.74, 6) is 1.13. The molecule has 0 spiro atoms. The summed E-state index contributed by atoms with van der Waals surface area (Å²) in [6.07, 6.45) is 1.21. The highest BCUT2D eigenvalue weighted by molar-refractivity contribution is 6.74. The average Bonchev–Trinajstić information content (AvgIpc) is 2.69. The van der Waals surface area contributed by atoms with Crippen molar-refractivity contribution in [3.05, 3.63) is 71.8 Å². The number of alkyl halides is 2. The molecule has 0 fully saturated rings. The second-order valence-corrected chi connectivity index (χ2v) is 14.2. The van der Waals surface area contributed by atoms with Gasteiger partial charge in [-0.2, -0.15) is 0 Å². The van der Waals surface area contributed by atoms with E-state index in [1.165, 1.54) is 5.56 Å². The number of aliphatic hydroxyl groups excluding tert-OH is 1. The predicted molar refractivity (Wildman–Crippen MR) is 130 cm³/mol. The molecule has 0 heterocycles. The number of hydrogen-bond acceptors (Lipinski definition) is 2. The third-order valence-corrected chi connectivity index (χ3v) is 10.3. The van der Waals surface area contributed by atoms with Crippen LogP contribution in [0.3, 0.4) is 0 Å². The molecule has 29 heavy (non-hydrogen) atoms. The highest BCUT2D eigenvalue weighted by atomic mass is 35.5. The van der Waals surface area contributed by atoms with Gasteiger partial charge in [-0.1, -0.05) is 81.4 Å². The Morgan fingerprint density at radius 2 is 1.28 bits per heavy atom. The predicted octanol–water partition coefficient (Wildman–Crippen LogP) is 7.73. The molecule has 2 aromatic rings. The Labute approximate surface area is 188 Å². The Kier molecular flexibility index (Phi) is 11.5. The molecule has 0 saturated carbocycles. The van der Waals surface area contributed by atoms with Gasteiger partial charge in [0.15, 0.2) is 8.32 Å². The average molecular weight is 456 g/mol. The van der Waals surface area contributed by atoms with Gasteiger partial charge in [0, 0.05) is 11.8 Å². The topological polar surface area (TPSA) is 29.5 Å². The van der Waals surface area contributed by atoms with Crippen LogP contribution >= 0.6 is 23.2 Å². The van der Waals surface area contributed by atoms with E-state index in [1.807, 2.05) is 36.4 Å². The fourth-order valence-corrected chi connectivity index (χ4v) is 4.26. The van der Waals surface area contributed by atoms with Crippen LogP contribution in [0.5, 0.6) is 0 Å². The minimum atomic E-state index is -1.75. The summed E-state index contributed by atoms with van der Waals surface area (Å²) in [5.41, 5.74) is 2.18. The van der Waals surface area contributed by atoms with Gasteiger partial charge < -0.3 is 9.53 Å². The molecule has 1 N–H and O–H groups in total. The molecule has 2 aromatic carbocycles. The lowest BCUT2D eigenvalue weighted by atomic mass is 10.1. The number of halogens is 2. The van der Waals surface area contributed by atoms with Gasteiger partial charge in [0.05, 0.1) is 12.2 Å². The zero-order valence-electron chi connectivity index (χ0n) is 18.4. The van der Waals surface area contributed by atoms with Crippen LogP contribution < -0.4 is 0 Å². The Morgan fingerprint density at radius 1 is 0.828 bits per heavy atom. The Bertz CT molecular complexity index is 672. The van der Waals surface area contributed by atoms with Crippen LogP contribution in [0.15, 0.2) is 60.7 Å². The van der Waals surface area contributed by atoms with Crippen LogP contribution in [0.4, 0.5) is 0 Å². The summed E-state index contributed by atoms with van der Waals surface area (Å²) >= 11 is 11.4. The molecule has 0 amide bonds. The molecule has 0 saturated heterocycles. The molecule has 5 heteroatoms. The summed E-state index contributed by atoms with van der Waals surface area (Å²) < 4.78 is 6.48. The minimum Gasteiger partial charge on any atom is -0.410 e. The second-order valence-electron chi connectivity index (χ2n) is 8.66. The number of aliphatic hydroxyl groups is 1. The van der Waals surface area contributed by atoms with Crippen LogP contribution in [0.25, 0.3) is 0 Å². The van der Waals surface area contributed by atoms with Crippen LogP contribution in [-0.2, 0) is 4.43 Å². The van der Waals surface area contributed by atoms with Crippen LogP contribution in [-0.4, -0.2) is 25.2 Å². The molecule has 0 radical (unpaired) electrons. The van der Waals surface area contributed by atoms with Crippen LogP contribution in [0, 0.1) is 0 Å². The smallest absolute Gasteiger partial charge is 0.192 e. The molecule has 0 aliphatic rings. The molecular weight excluding hydrogens is 419 g/mol. The minimum absolute atomic E-state index is 0.129. The van der Waals surface area contributed by atoms with Crippen molar-refractivity contribution >= 4 is 31.5 Å². The summed E-state index contributed by atoms with van der Waals surface area (Å²) in [6.45, 7) is 11.4. The highest BCUT2D eigenvalue weighted by Crippen LogP contribution is 2.40. The van der Waals surface area contributed by atoms with E-state index in [0.717, 1.165) is 12.0 Å². The van der Waals surface area contributed by atoms with E-state index in [1.54, 1.807) is 0 Å². The first kappa shape index (κ1) is 26.2. The van der Waals surface area contributed by atoms with E-state index in [-0.39, 0.29) is 11.1 Å². The largest absolute Gasteiger partial charge is 0.410 e. The third kappa shape index (κ3) is 9.23. The number of hydrogen-bond donors (Lipinski definition) is 1. The van der Waals surface area contributed by atoms with E-state index in [2.05, 4.69) is 58.1 Å². The molecule has 0 aromatic heterocycles. The third-order valence-electron chi connectivity index (χ3n) is 5.35. The maximum Gasteiger partial charge on any atom is 0.192 e. The number of rotatable bonds is 8. The van der Waals surface area contributed by atoms with Crippen molar-refractivity contribution in [2.24, 2.45) is 0 Å². The van der Waals surface area contributed by atoms with Crippen molar-refractivity contribution in [2.45, 2.75) is 64.0 Å². The van der Waals surface area contributed by atoms with Crippen molar-refractivity contribution in [1.82, 2.24) is 0 Å². The molecule has 162 valence electrons. The lowest BCUT2D eigenvalue weighted by Gasteiger charge is -2.39. The molecule has 2 nitrogen and oxygen atoms in total. The Balaban J connectivity index is 0.000000326. The summed E-state index contributed by atoms with van der Waals surface area (Å²) in [6, 6.07) is 20.0. The van der Waals surface area contributed by atoms with Gasteiger partial charge in [-0.3, -0.25) is 0 Å². The zero-order valence-corrected chi connectivity index (χ0v) is 20.9. The first-order valence-electron chi connectivity index (χ1n) is 10.2. The number of benzene rings is 2. The van der Waals surface area contributed by atoms with Gasteiger partial charge in [-0.15, -0.1) is 23.2 Å². The lowest BCUT2D eigenvalue weighted by Crippen LogP contribution is -2.41. The highest BCUT2D eigenvalue weighted by Gasteiger charge is 2.39. The van der Waals surface area contributed by atoms with Gasteiger partial charge in [-0.05, 0) is 42.1 Å². The van der Waals surface area contributed by atoms with Gasteiger partial charge in [0.25, 0.3) is 0 Å². The SMILES string of the molecule is CC(C)(C)[Si](C)(C)OC(CCCl)c1ccccc1.OC(CCCl)c1ccccc1. The first-order valence-corrected chi connectivity index (χ1v) is 14.2. The van der Waals surface area contributed by atoms with E-state index >= 15 is 0 Å².